The molecule has 6 heteroatoms. The lowest BCUT2D eigenvalue weighted by Gasteiger charge is -1.97. The van der Waals surface area contributed by atoms with Crippen LogP contribution in [0.1, 0.15) is 5.56 Å². The molecule has 2 N–H and O–H groups in total. The second kappa shape index (κ2) is 5.02. The lowest BCUT2D eigenvalue weighted by molar-refractivity contribution is 0.314. The first-order chi connectivity index (χ1) is 8.25. The number of hydrogen-bond acceptors (Lipinski definition) is 5. The van der Waals surface area contributed by atoms with E-state index in [1.807, 2.05) is 30.3 Å². The summed E-state index contributed by atoms with van der Waals surface area (Å²) in [7, 11) is 0. The zero-order valence-electron chi connectivity index (χ0n) is 8.75. The molecule has 0 unspecified atom stereocenters. The Morgan fingerprint density at radius 2 is 2.06 bits per heavy atom. The molecule has 0 aliphatic rings. The molecule has 1 aromatic heterocycles. The van der Waals surface area contributed by atoms with Gasteiger partial charge in [-0.3, -0.25) is 0 Å². The largest absolute Gasteiger partial charge is 0.381 e. The molecule has 0 amide bonds. The van der Waals surface area contributed by atoms with Crippen molar-refractivity contribution in [3.8, 4) is 6.01 Å². The van der Waals surface area contributed by atoms with Crippen molar-refractivity contribution < 1.29 is 9.23 Å². The van der Waals surface area contributed by atoms with E-state index in [1.165, 1.54) is 6.21 Å². The first-order valence-electron chi connectivity index (χ1n) is 4.79. The highest BCUT2D eigenvalue weighted by Gasteiger charge is 2.03. The van der Waals surface area contributed by atoms with Crippen molar-refractivity contribution in [2.45, 2.75) is 0 Å². The van der Waals surface area contributed by atoms with E-state index in [4.69, 9.17) is 10.6 Å². The summed E-state index contributed by atoms with van der Waals surface area (Å²) in [5.41, 5.74) is 6.11. The fourth-order valence-electron chi connectivity index (χ4n) is 1.08. The minimum atomic E-state index is -0.690. The van der Waals surface area contributed by atoms with Crippen LogP contribution in [-0.4, -0.2) is 16.2 Å². The molecule has 0 aliphatic heterocycles. The third kappa shape index (κ3) is 2.97. The Morgan fingerprint density at radius 1 is 1.29 bits per heavy atom. The molecule has 0 spiro atoms. The summed E-state index contributed by atoms with van der Waals surface area (Å²) in [6.45, 7) is 0. The van der Waals surface area contributed by atoms with Gasteiger partial charge in [-0.15, -0.1) is 0 Å². The highest BCUT2D eigenvalue weighted by atomic mass is 19.1. The van der Waals surface area contributed by atoms with Crippen LogP contribution in [0.4, 0.5) is 10.2 Å². The number of nitrogens with zero attached hydrogens (tertiary/aromatic N) is 3. The van der Waals surface area contributed by atoms with E-state index in [-0.39, 0.29) is 11.8 Å². The molecule has 1 heterocycles. The van der Waals surface area contributed by atoms with Crippen molar-refractivity contribution in [3.05, 3.63) is 47.9 Å². The number of halogens is 1. The lowest BCUT2D eigenvalue weighted by Crippen LogP contribution is -1.99. The molecular formula is C11H9FN4O. The smallest absolute Gasteiger partial charge is 0.347 e. The van der Waals surface area contributed by atoms with Gasteiger partial charge < -0.3 is 10.6 Å². The number of rotatable bonds is 3. The van der Waals surface area contributed by atoms with E-state index < -0.39 is 5.82 Å². The van der Waals surface area contributed by atoms with Crippen LogP contribution < -0.4 is 10.6 Å². The van der Waals surface area contributed by atoms with Gasteiger partial charge in [-0.05, 0) is 5.56 Å². The van der Waals surface area contributed by atoms with Gasteiger partial charge in [0, 0.05) is 0 Å². The number of hydrogen-bond donors (Lipinski definition) is 1. The molecular weight excluding hydrogens is 223 g/mol. The van der Waals surface area contributed by atoms with E-state index in [0.717, 1.165) is 11.8 Å². The summed E-state index contributed by atoms with van der Waals surface area (Å²) < 4.78 is 12.7. The van der Waals surface area contributed by atoms with E-state index in [9.17, 15) is 4.39 Å². The van der Waals surface area contributed by atoms with Gasteiger partial charge in [0.2, 0.25) is 0 Å². The van der Waals surface area contributed by atoms with Crippen LogP contribution in [0.2, 0.25) is 0 Å². The summed E-state index contributed by atoms with van der Waals surface area (Å²) in [6, 6.07) is 9.24. The highest BCUT2D eigenvalue weighted by Crippen LogP contribution is 2.09. The molecule has 0 fully saturated rings. The van der Waals surface area contributed by atoms with Crippen LogP contribution in [0.5, 0.6) is 6.01 Å². The zero-order chi connectivity index (χ0) is 12.1. The number of benzene rings is 1. The van der Waals surface area contributed by atoms with Crippen molar-refractivity contribution in [1.29, 1.82) is 0 Å². The lowest BCUT2D eigenvalue weighted by atomic mass is 10.2. The first-order valence-corrected chi connectivity index (χ1v) is 4.79. The van der Waals surface area contributed by atoms with Crippen molar-refractivity contribution in [1.82, 2.24) is 9.97 Å². The van der Waals surface area contributed by atoms with Crippen LogP contribution in [0, 0.1) is 5.82 Å². The summed E-state index contributed by atoms with van der Waals surface area (Å²) in [5, 5.41) is 3.65. The minimum absolute atomic E-state index is 0.101. The topological polar surface area (TPSA) is 73.4 Å². The summed E-state index contributed by atoms with van der Waals surface area (Å²) in [6.07, 6.45) is 2.42. The molecule has 0 saturated heterocycles. The number of anilines is 1. The number of nitrogen functional groups attached to an aromatic ring is 1. The predicted molar refractivity (Wildman–Crippen MR) is 61.1 cm³/mol. The van der Waals surface area contributed by atoms with Gasteiger partial charge in [0.25, 0.3) is 0 Å². The Morgan fingerprint density at radius 3 is 2.76 bits per heavy atom. The van der Waals surface area contributed by atoms with Crippen molar-refractivity contribution in [2.75, 3.05) is 5.73 Å². The Hall–Kier alpha value is -2.50. The molecule has 5 nitrogen and oxygen atoms in total. The number of nitrogens with two attached hydrogens (primary N) is 1. The van der Waals surface area contributed by atoms with Crippen LogP contribution >= 0.6 is 0 Å². The first kappa shape index (κ1) is 11.0. The van der Waals surface area contributed by atoms with Crippen molar-refractivity contribution in [2.24, 2.45) is 5.16 Å². The van der Waals surface area contributed by atoms with Gasteiger partial charge in [0.15, 0.2) is 11.6 Å². The summed E-state index contributed by atoms with van der Waals surface area (Å²) in [5.74, 6) is -0.964. The van der Waals surface area contributed by atoms with Crippen LogP contribution in [0.3, 0.4) is 0 Å². The maximum Gasteiger partial charge on any atom is 0.347 e. The Labute approximate surface area is 96.8 Å². The van der Waals surface area contributed by atoms with E-state index in [1.54, 1.807) is 0 Å². The van der Waals surface area contributed by atoms with E-state index in [2.05, 4.69) is 15.1 Å². The molecule has 0 bridgehead atoms. The Kier molecular flexibility index (Phi) is 3.25. The van der Waals surface area contributed by atoms with Gasteiger partial charge in [-0.1, -0.05) is 35.5 Å². The molecule has 2 rings (SSSR count). The van der Waals surface area contributed by atoms with Gasteiger partial charge in [-0.25, -0.2) is 4.39 Å². The Bertz CT molecular complexity index is 530. The zero-order valence-corrected chi connectivity index (χ0v) is 8.75. The fraction of sp³-hybridized carbons (Fsp3) is 0. The van der Waals surface area contributed by atoms with Crippen molar-refractivity contribution in [3.63, 3.8) is 0 Å². The van der Waals surface area contributed by atoms with Gasteiger partial charge in [0.05, 0.1) is 12.4 Å². The molecule has 0 atom stereocenters. The average molecular weight is 232 g/mol. The second-order valence-electron chi connectivity index (χ2n) is 3.12. The third-order valence-corrected chi connectivity index (χ3v) is 1.88. The molecule has 2 aromatic rings. The normalized spacial score (nSPS) is 10.6. The van der Waals surface area contributed by atoms with Crippen LogP contribution in [0.15, 0.2) is 41.7 Å². The highest BCUT2D eigenvalue weighted by molar-refractivity contribution is 5.78. The average Bonchev–Trinajstić information content (AvgIpc) is 2.35. The monoisotopic (exact) mass is 232 g/mol. The molecule has 17 heavy (non-hydrogen) atoms. The Balaban J connectivity index is 2.03. The number of oxime groups is 1. The maximum absolute atomic E-state index is 12.7. The van der Waals surface area contributed by atoms with Gasteiger partial charge in [0.1, 0.15) is 0 Å². The standard InChI is InChI=1S/C11H9FN4O/c12-9-7-14-11(16-10(9)13)17-15-6-8-4-2-1-3-5-8/h1-7H,(H2,13,14,16)/b15-6+. The maximum atomic E-state index is 12.7. The molecule has 0 radical (unpaired) electrons. The van der Waals surface area contributed by atoms with Crippen LogP contribution in [-0.2, 0) is 0 Å². The number of aromatic nitrogens is 2. The van der Waals surface area contributed by atoms with E-state index in [0.29, 0.717) is 0 Å². The molecule has 0 aliphatic carbocycles. The van der Waals surface area contributed by atoms with Gasteiger partial charge in [-0.2, -0.15) is 9.97 Å². The molecule has 1 aromatic carbocycles. The molecule has 86 valence electrons. The van der Waals surface area contributed by atoms with Crippen LogP contribution in [0.25, 0.3) is 0 Å². The summed E-state index contributed by atoms with van der Waals surface area (Å²) >= 11 is 0. The quantitative estimate of drug-likeness (QED) is 0.644. The van der Waals surface area contributed by atoms with E-state index >= 15 is 0 Å². The van der Waals surface area contributed by atoms with Crippen molar-refractivity contribution >= 4 is 12.0 Å². The SMILES string of the molecule is Nc1nc(O/N=C/c2ccccc2)ncc1F. The minimum Gasteiger partial charge on any atom is -0.381 e. The fourth-order valence-corrected chi connectivity index (χ4v) is 1.08. The third-order valence-electron chi connectivity index (χ3n) is 1.88. The second-order valence-corrected chi connectivity index (χ2v) is 3.12. The summed E-state index contributed by atoms with van der Waals surface area (Å²) in [4.78, 5) is 12.0. The van der Waals surface area contributed by atoms with Gasteiger partial charge >= 0.3 is 6.01 Å². The predicted octanol–water partition coefficient (Wildman–Crippen LogP) is 1.61. The molecule has 0 saturated carbocycles.